The summed E-state index contributed by atoms with van der Waals surface area (Å²) in [5, 5.41) is 0. The molecule has 0 saturated carbocycles. The highest BCUT2D eigenvalue weighted by molar-refractivity contribution is 7.16. The van der Waals surface area contributed by atoms with Crippen molar-refractivity contribution in [3.8, 4) is 32.7 Å². The van der Waals surface area contributed by atoms with Gasteiger partial charge in [0.05, 0.1) is 0 Å². The number of hydrogen-bond donors (Lipinski definition) is 0. The van der Waals surface area contributed by atoms with Crippen LogP contribution < -0.4 is 9.80 Å². The Morgan fingerprint density at radius 1 is 0.462 bits per heavy atom. The van der Waals surface area contributed by atoms with E-state index in [0.29, 0.717) is 0 Å². The van der Waals surface area contributed by atoms with Gasteiger partial charge in [0.25, 0.3) is 0 Å². The van der Waals surface area contributed by atoms with Crippen LogP contribution in [0.3, 0.4) is 0 Å². The van der Waals surface area contributed by atoms with E-state index in [0.717, 1.165) is 63.5 Å². The van der Waals surface area contributed by atoms with Gasteiger partial charge in [0.2, 0.25) is 0 Å². The molecular weight excluding hydrogens is 805 g/mol. The molecule has 2 nitrogen and oxygen atoms in total. The molecule has 0 saturated heterocycles. The maximum Gasteiger partial charge on any atom is 0.0462 e. The van der Waals surface area contributed by atoms with Crippen LogP contribution >= 0.6 is 11.3 Å². The molecule has 1 aliphatic rings. The van der Waals surface area contributed by atoms with Gasteiger partial charge >= 0.3 is 0 Å². The van der Waals surface area contributed by atoms with Gasteiger partial charge in [-0.3, -0.25) is 0 Å². The number of rotatable bonds is 13. The lowest BCUT2D eigenvalue weighted by Gasteiger charge is -2.26. The van der Waals surface area contributed by atoms with E-state index in [1.54, 1.807) is 0 Å². The zero-order valence-electron chi connectivity index (χ0n) is 38.0. The van der Waals surface area contributed by atoms with Gasteiger partial charge in [-0.25, -0.2) is 0 Å². The molecule has 0 aliphatic heterocycles. The smallest absolute Gasteiger partial charge is 0.0462 e. The predicted octanol–water partition coefficient (Wildman–Crippen LogP) is 18.9. The van der Waals surface area contributed by atoms with Gasteiger partial charge < -0.3 is 9.80 Å². The van der Waals surface area contributed by atoms with Crippen LogP contribution in [-0.2, 0) is 0 Å². The molecular formula is C62H58N2S. The third-order valence-electron chi connectivity index (χ3n) is 11.0. The number of benzene rings is 7. The SMILES string of the molecule is C=C/C=C(\C=C/N(c1ccc(-c2ccccc2)cc1)c1ccc(-c2ccc(N(c3ccccc3)c3ccc(-c4ccc(C5=CCCC=C5)s4)cc3)cc2)cc1)c1ccccc1.CC.CC. The zero-order valence-corrected chi connectivity index (χ0v) is 38.8. The first-order chi connectivity index (χ1) is 32.2. The van der Waals surface area contributed by atoms with E-state index < -0.39 is 0 Å². The van der Waals surface area contributed by atoms with Crippen molar-refractivity contribution in [2.24, 2.45) is 0 Å². The summed E-state index contributed by atoms with van der Waals surface area (Å²) in [6.07, 6.45) is 17.3. The summed E-state index contributed by atoms with van der Waals surface area (Å²) < 4.78 is 0. The molecule has 0 spiro atoms. The fraction of sp³-hybridized carbons (Fsp3) is 0.0968. The Morgan fingerprint density at radius 2 is 0.908 bits per heavy atom. The molecule has 8 aromatic rings. The van der Waals surface area contributed by atoms with Crippen LogP contribution in [0, 0.1) is 0 Å². The molecule has 0 unspecified atom stereocenters. The van der Waals surface area contributed by atoms with Gasteiger partial charge in [0.1, 0.15) is 0 Å². The molecule has 0 fully saturated rings. The summed E-state index contributed by atoms with van der Waals surface area (Å²) in [6.45, 7) is 12.0. The van der Waals surface area contributed by atoms with Gasteiger partial charge in [-0.2, -0.15) is 0 Å². The molecule has 0 bridgehead atoms. The highest BCUT2D eigenvalue weighted by Gasteiger charge is 2.15. The molecule has 9 rings (SSSR count). The second-order valence-electron chi connectivity index (χ2n) is 14.9. The number of hydrogen-bond acceptors (Lipinski definition) is 3. The fourth-order valence-corrected chi connectivity index (χ4v) is 8.82. The number of anilines is 5. The fourth-order valence-electron chi connectivity index (χ4n) is 7.79. The van der Waals surface area contributed by atoms with Gasteiger partial charge in [-0.05, 0) is 136 Å². The van der Waals surface area contributed by atoms with Crippen molar-refractivity contribution in [1.29, 1.82) is 0 Å². The van der Waals surface area contributed by atoms with E-state index in [4.69, 9.17) is 0 Å². The summed E-state index contributed by atoms with van der Waals surface area (Å²) in [7, 11) is 0. The minimum atomic E-state index is 1.07. The topological polar surface area (TPSA) is 6.48 Å². The molecule has 3 heteroatoms. The first-order valence-electron chi connectivity index (χ1n) is 22.8. The highest BCUT2D eigenvalue weighted by atomic mass is 32.1. The summed E-state index contributed by atoms with van der Waals surface area (Å²) in [6, 6.07) is 71.5. The lowest BCUT2D eigenvalue weighted by atomic mass is 10.0. The summed E-state index contributed by atoms with van der Waals surface area (Å²) in [4.78, 5) is 7.18. The molecule has 322 valence electrons. The standard InChI is InChI=1S/C58H46N2S.2C2H6/c1-2-15-44(45-16-7-3-8-17-45)42-43-59(52-32-24-47(25-33-52)46-18-9-4-10-19-46)53-34-26-48(27-35-53)49-28-36-55(37-29-49)60(54-22-13-6-14-23-54)56-38-30-51(31-39-56)58-41-40-57(61-58)50-20-11-5-12-21-50;2*1-2/h2-4,6-11,13-43H,1,5,12H2;2*1-2H3/b43-42-,44-15+;;. The Labute approximate surface area is 391 Å². The van der Waals surface area contributed by atoms with E-state index >= 15 is 0 Å². The number of para-hydroxylation sites is 1. The van der Waals surface area contributed by atoms with E-state index in [9.17, 15) is 0 Å². The Balaban J connectivity index is 0.00000153. The lowest BCUT2D eigenvalue weighted by molar-refractivity contribution is 1.04. The lowest BCUT2D eigenvalue weighted by Crippen LogP contribution is -2.09. The Hall–Kier alpha value is -7.46. The van der Waals surface area contributed by atoms with Crippen LogP contribution in [0.4, 0.5) is 28.4 Å². The van der Waals surface area contributed by atoms with Crippen molar-refractivity contribution in [3.05, 3.63) is 260 Å². The van der Waals surface area contributed by atoms with Crippen molar-refractivity contribution < 1.29 is 0 Å². The molecule has 0 atom stereocenters. The first kappa shape index (κ1) is 45.6. The zero-order chi connectivity index (χ0) is 45.2. The minimum Gasteiger partial charge on any atom is -0.317 e. The van der Waals surface area contributed by atoms with E-state index in [1.807, 2.05) is 51.2 Å². The van der Waals surface area contributed by atoms with Crippen LogP contribution in [0.15, 0.2) is 249 Å². The number of nitrogens with zero attached hydrogens (tertiary/aromatic N) is 2. The summed E-state index contributed by atoms with van der Waals surface area (Å²) >= 11 is 1.86. The van der Waals surface area contributed by atoms with Crippen molar-refractivity contribution in [2.75, 3.05) is 9.80 Å². The first-order valence-corrected chi connectivity index (χ1v) is 23.7. The van der Waals surface area contributed by atoms with Crippen molar-refractivity contribution in [2.45, 2.75) is 40.5 Å². The van der Waals surface area contributed by atoms with Gasteiger partial charge in [0.15, 0.2) is 0 Å². The van der Waals surface area contributed by atoms with Crippen molar-refractivity contribution >= 4 is 50.9 Å². The molecule has 0 radical (unpaired) electrons. The monoisotopic (exact) mass is 862 g/mol. The van der Waals surface area contributed by atoms with Gasteiger partial charge in [0, 0.05) is 44.4 Å². The van der Waals surface area contributed by atoms with E-state index in [-0.39, 0.29) is 0 Å². The highest BCUT2D eigenvalue weighted by Crippen LogP contribution is 2.39. The number of allylic oxidation sites excluding steroid dienone is 8. The Kier molecular flexibility index (Phi) is 16.3. The third-order valence-corrected chi connectivity index (χ3v) is 12.2. The molecule has 1 heterocycles. The van der Waals surface area contributed by atoms with Crippen molar-refractivity contribution in [1.82, 2.24) is 0 Å². The number of thiophene rings is 1. The Bertz CT molecular complexity index is 2810. The van der Waals surface area contributed by atoms with Gasteiger partial charge in [-0.15, -0.1) is 11.3 Å². The molecule has 1 aliphatic carbocycles. The summed E-state index contributed by atoms with van der Waals surface area (Å²) in [5.41, 5.74) is 15.0. The third kappa shape index (κ3) is 11.4. The van der Waals surface area contributed by atoms with Crippen LogP contribution in [0.5, 0.6) is 0 Å². The van der Waals surface area contributed by atoms with Crippen LogP contribution in [0.25, 0.3) is 43.8 Å². The van der Waals surface area contributed by atoms with Crippen LogP contribution in [0.2, 0.25) is 0 Å². The molecule has 0 amide bonds. The quantitative estimate of drug-likeness (QED) is 0.107. The van der Waals surface area contributed by atoms with E-state index in [1.165, 1.54) is 32.0 Å². The second-order valence-corrected chi connectivity index (χ2v) is 16.0. The molecule has 1 aromatic heterocycles. The largest absolute Gasteiger partial charge is 0.317 e. The van der Waals surface area contributed by atoms with Crippen LogP contribution in [0.1, 0.15) is 51.0 Å². The van der Waals surface area contributed by atoms with Crippen LogP contribution in [-0.4, -0.2) is 0 Å². The maximum atomic E-state index is 3.99. The Morgan fingerprint density at radius 3 is 1.42 bits per heavy atom. The maximum absolute atomic E-state index is 3.99. The normalized spacial score (nSPS) is 12.0. The molecule has 7 aromatic carbocycles. The van der Waals surface area contributed by atoms with Gasteiger partial charge in [-0.1, -0.05) is 192 Å². The molecule has 65 heavy (non-hydrogen) atoms. The average Bonchev–Trinajstić information content (AvgIpc) is 3.90. The molecule has 0 N–H and O–H groups in total. The second kappa shape index (κ2) is 23.3. The summed E-state index contributed by atoms with van der Waals surface area (Å²) in [5.74, 6) is 0. The predicted molar refractivity (Wildman–Crippen MR) is 287 cm³/mol. The van der Waals surface area contributed by atoms with E-state index in [2.05, 4.69) is 247 Å². The average molecular weight is 863 g/mol. The van der Waals surface area contributed by atoms with Crippen molar-refractivity contribution in [3.63, 3.8) is 0 Å². The minimum absolute atomic E-state index is 1.07.